The molecule has 0 spiro atoms. The van der Waals surface area contributed by atoms with Crippen molar-refractivity contribution in [2.75, 3.05) is 16.4 Å². The molecule has 8 heteroatoms. The van der Waals surface area contributed by atoms with Gasteiger partial charge in [-0.15, -0.1) is 0 Å². The molecular weight excluding hydrogens is 440 g/mol. The molecule has 0 aliphatic carbocycles. The highest BCUT2D eigenvalue weighted by atomic mass is 32.2. The topological polar surface area (TPSA) is 84.0 Å². The molecule has 4 aromatic rings. The van der Waals surface area contributed by atoms with E-state index in [1.807, 2.05) is 75.4 Å². The van der Waals surface area contributed by atoms with Gasteiger partial charge in [0.2, 0.25) is 5.91 Å². The van der Waals surface area contributed by atoms with Crippen molar-refractivity contribution in [2.24, 2.45) is 0 Å². The smallest absolute Gasteiger partial charge is 0.258 e. The maximum Gasteiger partial charge on any atom is 0.258 e. The molecule has 6 nitrogen and oxygen atoms in total. The van der Waals surface area contributed by atoms with Gasteiger partial charge in [0.15, 0.2) is 5.13 Å². The Balaban J connectivity index is 1.49. The number of pyridine rings is 1. The zero-order valence-corrected chi connectivity index (χ0v) is 19.6. The van der Waals surface area contributed by atoms with Crippen molar-refractivity contribution < 1.29 is 9.59 Å². The molecule has 0 radical (unpaired) electrons. The van der Waals surface area contributed by atoms with Crippen LogP contribution in [0.15, 0.2) is 59.6 Å². The summed E-state index contributed by atoms with van der Waals surface area (Å²) in [5.74, 6) is -0.310. The first-order valence-electron chi connectivity index (χ1n) is 10.0. The highest BCUT2D eigenvalue weighted by Gasteiger charge is 2.19. The lowest BCUT2D eigenvalue weighted by atomic mass is 10.1. The van der Waals surface area contributed by atoms with E-state index in [0.717, 1.165) is 32.7 Å². The number of nitrogens with one attached hydrogen (secondary N) is 2. The van der Waals surface area contributed by atoms with E-state index in [0.29, 0.717) is 15.7 Å². The van der Waals surface area contributed by atoms with E-state index < -0.39 is 0 Å². The molecule has 4 rings (SSSR count). The van der Waals surface area contributed by atoms with Crippen LogP contribution in [0, 0.1) is 20.8 Å². The first kappa shape index (κ1) is 22.0. The van der Waals surface area contributed by atoms with Crippen molar-refractivity contribution in [3.05, 3.63) is 77.0 Å². The highest BCUT2D eigenvalue weighted by Crippen LogP contribution is 2.28. The zero-order valence-electron chi connectivity index (χ0n) is 17.9. The van der Waals surface area contributed by atoms with Gasteiger partial charge < -0.3 is 10.6 Å². The molecule has 2 amide bonds. The lowest BCUT2D eigenvalue weighted by Crippen LogP contribution is -2.18. The number of thiazole rings is 1. The minimum absolute atomic E-state index is 0.121. The van der Waals surface area contributed by atoms with Crippen LogP contribution in [0.1, 0.15) is 27.2 Å². The molecule has 32 heavy (non-hydrogen) atoms. The maximum absolute atomic E-state index is 13.1. The van der Waals surface area contributed by atoms with Gasteiger partial charge in [-0.05, 0) is 56.2 Å². The number of rotatable bonds is 6. The predicted molar refractivity (Wildman–Crippen MR) is 132 cm³/mol. The number of amides is 2. The monoisotopic (exact) mass is 462 g/mol. The van der Waals surface area contributed by atoms with E-state index in [1.54, 1.807) is 0 Å². The first-order chi connectivity index (χ1) is 15.4. The summed E-state index contributed by atoms with van der Waals surface area (Å²) < 4.78 is 1.02. The number of hydrogen-bond acceptors (Lipinski definition) is 6. The Morgan fingerprint density at radius 1 is 0.938 bits per heavy atom. The lowest BCUT2D eigenvalue weighted by molar-refractivity contribution is -0.113. The second kappa shape index (κ2) is 9.50. The highest BCUT2D eigenvalue weighted by molar-refractivity contribution is 8.00. The summed E-state index contributed by atoms with van der Waals surface area (Å²) in [4.78, 5) is 34.6. The number of aromatic nitrogens is 2. The number of benzene rings is 2. The number of nitrogens with zero attached hydrogens (tertiary/aromatic N) is 2. The third-order valence-corrected chi connectivity index (χ3v) is 6.74. The number of carbonyl (C=O) groups excluding carboxylic acids is 2. The van der Waals surface area contributed by atoms with Gasteiger partial charge in [-0.3, -0.25) is 9.59 Å². The fraction of sp³-hybridized carbons (Fsp3) is 0.167. The van der Waals surface area contributed by atoms with Crippen LogP contribution >= 0.6 is 23.1 Å². The van der Waals surface area contributed by atoms with Crippen LogP contribution in [0.4, 0.5) is 10.8 Å². The van der Waals surface area contributed by atoms with E-state index in [4.69, 9.17) is 0 Å². The quantitative estimate of drug-likeness (QED) is 0.364. The Labute approximate surface area is 194 Å². The molecule has 0 aliphatic rings. The van der Waals surface area contributed by atoms with Crippen LogP contribution < -0.4 is 10.6 Å². The van der Waals surface area contributed by atoms with E-state index in [2.05, 4.69) is 20.6 Å². The third kappa shape index (κ3) is 4.98. The lowest BCUT2D eigenvalue weighted by Gasteiger charge is -2.14. The van der Waals surface area contributed by atoms with Gasteiger partial charge in [0.25, 0.3) is 5.91 Å². The number of hydrogen-bond donors (Lipinski definition) is 2. The van der Waals surface area contributed by atoms with Crippen molar-refractivity contribution in [3.8, 4) is 0 Å². The fourth-order valence-corrected chi connectivity index (χ4v) is 5.12. The van der Waals surface area contributed by atoms with Crippen LogP contribution in [0.3, 0.4) is 0 Å². The van der Waals surface area contributed by atoms with Crippen LogP contribution in [0.2, 0.25) is 0 Å². The van der Waals surface area contributed by atoms with Gasteiger partial charge in [-0.2, -0.15) is 0 Å². The number of thioether (sulfide) groups is 1. The Bertz CT molecular complexity index is 1280. The number of anilines is 2. The summed E-state index contributed by atoms with van der Waals surface area (Å²) in [6.07, 6.45) is 0. The largest absolute Gasteiger partial charge is 0.322 e. The number of carbonyl (C=O) groups is 2. The SMILES string of the molecule is Cc1cc(C)c(C(=O)Nc2ccccc2C)c(SCC(=O)Nc2nc3ccccc3s2)n1. The van der Waals surface area contributed by atoms with Crippen molar-refractivity contribution >= 4 is 55.9 Å². The third-order valence-electron chi connectivity index (χ3n) is 4.81. The van der Waals surface area contributed by atoms with Crippen LogP contribution in [-0.4, -0.2) is 27.5 Å². The molecule has 2 heterocycles. The molecule has 162 valence electrons. The molecule has 0 bridgehead atoms. The zero-order chi connectivity index (χ0) is 22.7. The van der Waals surface area contributed by atoms with E-state index in [-0.39, 0.29) is 17.6 Å². The second-order valence-electron chi connectivity index (χ2n) is 7.35. The molecule has 0 saturated heterocycles. The second-order valence-corrected chi connectivity index (χ2v) is 9.35. The summed E-state index contributed by atoms with van der Waals surface area (Å²) in [6, 6.07) is 17.2. The Hall–Kier alpha value is -3.23. The van der Waals surface area contributed by atoms with Crippen molar-refractivity contribution in [2.45, 2.75) is 25.8 Å². The molecule has 0 saturated carbocycles. The Morgan fingerprint density at radius 2 is 1.69 bits per heavy atom. The Morgan fingerprint density at radius 3 is 2.47 bits per heavy atom. The molecule has 0 fully saturated rings. The number of aryl methyl sites for hydroxylation is 3. The predicted octanol–water partition coefficient (Wildman–Crippen LogP) is 5.60. The van der Waals surface area contributed by atoms with Crippen LogP contribution in [0.25, 0.3) is 10.2 Å². The summed E-state index contributed by atoms with van der Waals surface area (Å²) in [7, 11) is 0. The van der Waals surface area contributed by atoms with Crippen LogP contribution in [-0.2, 0) is 4.79 Å². The minimum atomic E-state index is -0.238. The van der Waals surface area contributed by atoms with Gasteiger partial charge in [-0.25, -0.2) is 9.97 Å². The van der Waals surface area contributed by atoms with Crippen molar-refractivity contribution in [1.29, 1.82) is 0 Å². The summed E-state index contributed by atoms with van der Waals surface area (Å²) in [6.45, 7) is 5.70. The van der Waals surface area contributed by atoms with Gasteiger partial charge in [0.1, 0.15) is 5.03 Å². The molecule has 0 atom stereocenters. The van der Waals surface area contributed by atoms with E-state index in [9.17, 15) is 9.59 Å². The first-order valence-corrected chi connectivity index (χ1v) is 11.8. The fourth-order valence-electron chi connectivity index (χ4n) is 3.30. The average Bonchev–Trinajstić information content (AvgIpc) is 3.15. The summed E-state index contributed by atoms with van der Waals surface area (Å²) in [5.41, 5.74) is 4.68. The minimum Gasteiger partial charge on any atom is -0.322 e. The molecular formula is C24H22N4O2S2. The van der Waals surface area contributed by atoms with E-state index >= 15 is 0 Å². The van der Waals surface area contributed by atoms with Gasteiger partial charge in [0, 0.05) is 11.4 Å². The van der Waals surface area contributed by atoms with E-state index in [1.165, 1.54) is 23.1 Å². The molecule has 0 unspecified atom stereocenters. The molecule has 2 aromatic heterocycles. The number of para-hydroxylation sites is 2. The summed E-state index contributed by atoms with van der Waals surface area (Å²) in [5, 5.41) is 6.91. The van der Waals surface area contributed by atoms with Crippen molar-refractivity contribution in [3.63, 3.8) is 0 Å². The molecule has 2 aromatic carbocycles. The van der Waals surface area contributed by atoms with Crippen molar-refractivity contribution in [1.82, 2.24) is 9.97 Å². The van der Waals surface area contributed by atoms with Gasteiger partial charge >= 0.3 is 0 Å². The average molecular weight is 463 g/mol. The maximum atomic E-state index is 13.1. The van der Waals surface area contributed by atoms with Gasteiger partial charge in [0.05, 0.1) is 21.5 Å². The molecule has 0 aliphatic heterocycles. The Kier molecular flexibility index (Phi) is 6.53. The van der Waals surface area contributed by atoms with Crippen LogP contribution in [0.5, 0.6) is 0 Å². The number of fused-ring (bicyclic) bond motifs is 1. The normalized spacial score (nSPS) is 10.8. The summed E-state index contributed by atoms with van der Waals surface area (Å²) >= 11 is 2.68. The molecule has 2 N–H and O–H groups in total. The van der Waals surface area contributed by atoms with Gasteiger partial charge in [-0.1, -0.05) is 53.4 Å². The standard InChI is InChI=1S/C24H22N4O2S2/c1-14-8-4-5-9-17(14)26-22(30)21-15(2)12-16(3)25-23(21)31-13-20(29)28-24-27-18-10-6-7-11-19(18)32-24/h4-12H,13H2,1-3H3,(H,26,30)(H,27,28,29).